The molecule has 0 bridgehead atoms. The lowest BCUT2D eigenvalue weighted by atomic mass is 10.0. The van der Waals surface area contributed by atoms with Crippen LogP contribution in [0.15, 0.2) is 42.5 Å². The summed E-state index contributed by atoms with van der Waals surface area (Å²) in [6.07, 6.45) is 1.02. The zero-order valence-corrected chi connectivity index (χ0v) is 15.4. The van der Waals surface area contributed by atoms with Crippen molar-refractivity contribution in [2.24, 2.45) is 0 Å². The molecule has 0 unspecified atom stereocenters. The molecule has 2 aromatic rings. The third-order valence-corrected chi connectivity index (χ3v) is 3.56. The van der Waals surface area contributed by atoms with Gasteiger partial charge in [-0.3, -0.25) is 0 Å². The average Bonchev–Trinajstić information content (AvgIpc) is 2.57. The predicted octanol–water partition coefficient (Wildman–Crippen LogP) is 5.24. The molecule has 136 valence electrons. The summed E-state index contributed by atoms with van der Waals surface area (Å²) >= 11 is 0. The predicted molar refractivity (Wildman–Crippen MR) is 110 cm³/mol. The molecule has 4 N–H and O–H groups in total. The van der Waals surface area contributed by atoms with E-state index in [0.717, 1.165) is 24.9 Å². The lowest BCUT2D eigenvalue weighted by molar-refractivity contribution is 0.399. The number of benzene rings is 2. The van der Waals surface area contributed by atoms with E-state index in [-0.39, 0.29) is 7.43 Å². The third kappa shape index (κ3) is 8.02. The summed E-state index contributed by atoms with van der Waals surface area (Å²) in [6, 6.07) is 14.7. The van der Waals surface area contributed by atoms with Crippen LogP contribution in [-0.4, -0.2) is 19.3 Å². The molecule has 2 rings (SSSR count). The van der Waals surface area contributed by atoms with Crippen molar-refractivity contribution in [3.63, 3.8) is 0 Å². The molecule has 0 aromatic heterocycles. The van der Waals surface area contributed by atoms with Crippen LogP contribution < -0.4 is 11.1 Å². The fourth-order valence-electron chi connectivity index (χ4n) is 2.17. The van der Waals surface area contributed by atoms with E-state index < -0.39 is 0 Å². The molecule has 0 fully saturated rings. The summed E-state index contributed by atoms with van der Waals surface area (Å²) < 4.78 is 0. The number of anilines is 2. The van der Waals surface area contributed by atoms with Gasteiger partial charge in [0.05, 0.1) is 11.4 Å². The zero-order valence-electron chi connectivity index (χ0n) is 15.4. The van der Waals surface area contributed by atoms with Gasteiger partial charge < -0.3 is 16.2 Å². The Hall–Kier alpha value is -2.00. The molecule has 0 aliphatic rings. The van der Waals surface area contributed by atoms with Crippen molar-refractivity contribution in [2.75, 3.05) is 25.2 Å². The molecular weight excluding hydrogens is 296 g/mol. The van der Waals surface area contributed by atoms with E-state index in [4.69, 9.17) is 10.8 Å². The number of hydrogen-bond acceptors (Lipinski definition) is 3. The summed E-state index contributed by atoms with van der Waals surface area (Å²) in [4.78, 5) is 0. The Morgan fingerprint density at radius 3 is 1.96 bits per heavy atom. The van der Waals surface area contributed by atoms with E-state index in [1.165, 1.54) is 16.7 Å². The number of nitrogen functional groups attached to an aromatic ring is 1. The van der Waals surface area contributed by atoms with E-state index in [9.17, 15) is 0 Å². The van der Waals surface area contributed by atoms with E-state index >= 15 is 0 Å². The number of para-hydroxylation sites is 1. The van der Waals surface area contributed by atoms with Gasteiger partial charge in [0, 0.05) is 14.2 Å². The molecule has 0 amide bonds. The number of hydrogen-bond donors (Lipinski definition) is 3. The minimum Gasteiger partial charge on any atom is -0.400 e. The van der Waals surface area contributed by atoms with Crippen LogP contribution in [0.4, 0.5) is 11.4 Å². The fourth-order valence-corrected chi connectivity index (χ4v) is 2.17. The molecule has 0 heterocycles. The largest absolute Gasteiger partial charge is 0.400 e. The summed E-state index contributed by atoms with van der Waals surface area (Å²) in [5, 5.41) is 10.1. The first kappa shape index (κ1) is 24.3. The van der Waals surface area contributed by atoms with E-state index in [0.29, 0.717) is 5.92 Å². The minimum atomic E-state index is 0. The zero-order chi connectivity index (χ0) is 17.8. The van der Waals surface area contributed by atoms with Gasteiger partial charge in [0.2, 0.25) is 0 Å². The molecule has 3 heteroatoms. The van der Waals surface area contributed by atoms with Gasteiger partial charge in [-0.1, -0.05) is 70.2 Å². The second-order valence-electron chi connectivity index (χ2n) is 5.55. The summed E-state index contributed by atoms with van der Waals surface area (Å²) in [7, 11) is 2.89. The molecule has 0 aliphatic carbocycles. The van der Waals surface area contributed by atoms with Crippen molar-refractivity contribution >= 4 is 11.4 Å². The normalized spacial score (nSPS) is 9.00. The Kier molecular flexibility index (Phi) is 13.6. The number of aryl methyl sites for hydroxylation is 2. The molecule has 0 aliphatic heterocycles. The number of nitrogens with one attached hydrogen (secondary N) is 1. The SMILES string of the molecule is C.CCc1cccc(N)c1NC.CO.Cc1ccc(C(C)C)cc1. The summed E-state index contributed by atoms with van der Waals surface area (Å²) in [5.74, 6) is 0.653. The van der Waals surface area contributed by atoms with Crippen molar-refractivity contribution in [3.8, 4) is 0 Å². The molecule has 0 spiro atoms. The van der Waals surface area contributed by atoms with Gasteiger partial charge in [-0.2, -0.15) is 0 Å². The Balaban J connectivity index is 0. The Morgan fingerprint density at radius 1 is 1.04 bits per heavy atom. The second-order valence-corrected chi connectivity index (χ2v) is 5.55. The van der Waals surface area contributed by atoms with Crippen molar-refractivity contribution in [2.45, 2.75) is 47.5 Å². The van der Waals surface area contributed by atoms with Crippen molar-refractivity contribution in [3.05, 3.63) is 59.2 Å². The van der Waals surface area contributed by atoms with Crippen LogP contribution in [0, 0.1) is 6.92 Å². The smallest absolute Gasteiger partial charge is 0.0603 e. The number of aliphatic hydroxyl groups excluding tert-OH is 1. The van der Waals surface area contributed by atoms with Gasteiger partial charge >= 0.3 is 0 Å². The first-order valence-electron chi connectivity index (χ1n) is 8.06. The maximum atomic E-state index is 7.00. The monoisotopic (exact) mass is 332 g/mol. The Morgan fingerprint density at radius 2 is 1.58 bits per heavy atom. The Bertz CT molecular complexity index is 548. The van der Waals surface area contributed by atoms with E-state index in [2.05, 4.69) is 63.3 Å². The van der Waals surface area contributed by atoms with Crippen LogP contribution in [0.2, 0.25) is 0 Å². The van der Waals surface area contributed by atoms with Gasteiger partial charge in [0.15, 0.2) is 0 Å². The van der Waals surface area contributed by atoms with Crippen LogP contribution in [0.1, 0.15) is 50.8 Å². The van der Waals surface area contributed by atoms with Crippen LogP contribution in [0.5, 0.6) is 0 Å². The standard InChI is InChI=1S/C10H14.C9H14N2.CH4O.CH4/c1-8(2)10-6-4-9(3)5-7-10;1-3-7-5-4-6-8(10)9(7)11-2;1-2;/h4-8H,1-3H3;4-6,11H,3,10H2,1-2H3;2H,1H3;1H4. The molecule has 0 saturated carbocycles. The highest BCUT2D eigenvalue weighted by molar-refractivity contribution is 5.69. The van der Waals surface area contributed by atoms with Crippen molar-refractivity contribution < 1.29 is 5.11 Å². The van der Waals surface area contributed by atoms with Crippen LogP contribution >= 0.6 is 0 Å². The Labute approximate surface area is 148 Å². The minimum absolute atomic E-state index is 0. The molecule has 3 nitrogen and oxygen atoms in total. The van der Waals surface area contributed by atoms with Gasteiger partial charge in [-0.05, 0) is 36.5 Å². The maximum Gasteiger partial charge on any atom is 0.0603 e. The van der Waals surface area contributed by atoms with Gasteiger partial charge in [-0.15, -0.1) is 0 Å². The van der Waals surface area contributed by atoms with Gasteiger partial charge in [0.25, 0.3) is 0 Å². The average molecular weight is 333 g/mol. The number of aliphatic hydroxyl groups is 1. The highest BCUT2D eigenvalue weighted by Crippen LogP contribution is 2.22. The molecule has 24 heavy (non-hydrogen) atoms. The van der Waals surface area contributed by atoms with E-state index in [1.807, 2.05) is 19.2 Å². The maximum absolute atomic E-state index is 7.00. The highest BCUT2D eigenvalue weighted by atomic mass is 16.2. The number of rotatable bonds is 3. The van der Waals surface area contributed by atoms with Crippen molar-refractivity contribution in [1.82, 2.24) is 0 Å². The van der Waals surface area contributed by atoms with Gasteiger partial charge in [-0.25, -0.2) is 0 Å². The first-order chi connectivity index (χ1) is 11.0. The second kappa shape index (κ2) is 13.4. The molecule has 0 atom stereocenters. The highest BCUT2D eigenvalue weighted by Gasteiger charge is 2.00. The van der Waals surface area contributed by atoms with Crippen LogP contribution in [0.3, 0.4) is 0 Å². The molecular formula is C21H36N2O. The quantitative estimate of drug-likeness (QED) is 0.674. The topological polar surface area (TPSA) is 58.3 Å². The van der Waals surface area contributed by atoms with E-state index in [1.54, 1.807) is 0 Å². The molecule has 2 aromatic carbocycles. The van der Waals surface area contributed by atoms with Gasteiger partial charge in [0.1, 0.15) is 0 Å². The molecule has 0 radical (unpaired) electrons. The van der Waals surface area contributed by atoms with Crippen LogP contribution in [0.25, 0.3) is 0 Å². The lowest BCUT2D eigenvalue weighted by Crippen LogP contribution is -1.99. The lowest BCUT2D eigenvalue weighted by Gasteiger charge is -2.09. The fraction of sp³-hybridized carbons (Fsp3) is 0.429. The van der Waals surface area contributed by atoms with Crippen LogP contribution in [-0.2, 0) is 6.42 Å². The number of nitrogens with two attached hydrogens (primary N) is 1. The first-order valence-corrected chi connectivity index (χ1v) is 8.06. The summed E-state index contributed by atoms with van der Waals surface area (Å²) in [5.41, 5.74) is 11.7. The summed E-state index contributed by atoms with van der Waals surface area (Å²) in [6.45, 7) is 8.66. The third-order valence-electron chi connectivity index (χ3n) is 3.56. The molecule has 0 saturated heterocycles. The van der Waals surface area contributed by atoms with Crippen molar-refractivity contribution in [1.29, 1.82) is 0 Å².